The number of carbonyl (C=O) groups is 1. The van der Waals surface area contributed by atoms with E-state index in [9.17, 15) is 14.9 Å². The standard InChI is InChI=1S/C13H16N2O5/c1-8-6-14(7-12(8)13(16)17)9-3-10(15(18)19)5-11(4-9)20-2/h3-5,8,12H,6-7H2,1-2H3,(H,16,17). The van der Waals surface area contributed by atoms with Gasteiger partial charge in [-0.15, -0.1) is 0 Å². The van der Waals surface area contributed by atoms with E-state index in [1.54, 1.807) is 6.07 Å². The van der Waals surface area contributed by atoms with Crippen LogP contribution in [0.25, 0.3) is 0 Å². The van der Waals surface area contributed by atoms with Gasteiger partial charge in [-0.2, -0.15) is 0 Å². The number of anilines is 1. The molecule has 1 N–H and O–H groups in total. The molecule has 1 aliphatic rings. The van der Waals surface area contributed by atoms with E-state index in [1.807, 2.05) is 11.8 Å². The minimum Gasteiger partial charge on any atom is -0.496 e. The number of aliphatic carboxylic acids is 1. The van der Waals surface area contributed by atoms with Gasteiger partial charge >= 0.3 is 5.97 Å². The molecule has 0 amide bonds. The van der Waals surface area contributed by atoms with E-state index in [-0.39, 0.29) is 11.6 Å². The smallest absolute Gasteiger partial charge is 0.308 e. The zero-order chi connectivity index (χ0) is 14.9. The van der Waals surface area contributed by atoms with Crippen molar-refractivity contribution in [2.45, 2.75) is 6.92 Å². The zero-order valence-corrected chi connectivity index (χ0v) is 11.3. The van der Waals surface area contributed by atoms with Crippen LogP contribution in [0.15, 0.2) is 18.2 Å². The zero-order valence-electron chi connectivity index (χ0n) is 11.3. The molecule has 108 valence electrons. The number of nitro benzene ring substituents is 1. The van der Waals surface area contributed by atoms with Gasteiger partial charge in [-0.25, -0.2) is 0 Å². The van der Waals surface area contributed by atoms with Crippen LogP contribution < -0.4 is 9.64 Å². The molecule has 0 aromatic heterocycles. The van der Waals surface area contributed by atoms with Crippen LogP contribution in [0.3, 0.4) is 0 Å². The van der Waals surface area contributed by atoms with E-state index >= 15 is 0 Å². The fourth-order valence-corrected chi connectivity index (χ4v) is 2.47. The van der Waals surface area contributed by atoms with Gasteiger partial charge in [0.2, 0.25) is 0 Å². The highest BCUT2D eigenvalue weighted by Crippen LogP contribution is 2.33. The van der Waals surface area contributed by atoms with Gasteiger partial charge in [-0.05, 0) is 5.92 Å². The number of carboxylic acid groups (broad SMARTS) is 1. The Morgan fingerprint density at radius 3 is 2.65 bits per heavy atom. The topological polar surface area (TPSA) is 92.9 Å². The molecule has 1 aliphatic heterocycles. The van der Waals surface area contributed by atoms with Gasteiger partial charge in [0.15, 0.2) is 0 Å². The maximum atomic E-state index is 11.1. The molecule has 2 unspecified atom stereocenters. The fourth-order valence-electron chi connectivity index (χ4n) is 2.47. The predicted octanol–water partition coefficient (Wildman–Crippen LogP) is 1.76. The summed E-state index contributed by atoms with van der Waals surface area (Å²) in [5.74, 6) is -0.906. The van der Waals surface area contributed by atoms with Crippen molar-refractivity contribution in [3.05, 3.63) is 28.3 Å². The van der Waals surface area contributed by atoms with E-state index in [0.717, 1.165) is 0 Å². The fraction of sp³-hybridized carbons (Fsp3) is 0.462. The maximum absolute atomic E-state index is 11.1. The molecular formula is C13H16N2O5. The summed E-state index contributed by atoms with van der Waals surface area (Å²) in [5, 5.41) is 20.0. The largest absolute Gasteiger partial charge is 0.496 e. The lowest BCUT2D eigenvalue weighted by molar-refractivity contribution is -0.384. The van der Waals surface area contributed by atoms with Crippen molar-refractivity contribution in [1.29, 1.82) is 0 Å². The first-order chi connectivity index (χ1) is 9.42. The highest BCUT2D eigenvalue weighted by molar-refractivity contribution is 5.73. The lowest BCUT2D eigenvalue weighted by Gasteiger charge is -2.18. The predicted molar refractivity (Wildman–Crippen MR) is 72.2 cm³/mol. The summed E-state index contributed by atoms with van der Waals surface area (Å²) in [6, 6.07) is 4.47. The van der Waals surface area contributed by atoms with E-state index < -0.39 is 16.8 Å². The van der Waals surface area contributed by atoms with E-state index in [4.69, 9.17) is 9.84 Å². The molecule has 0 saturated carbocycles. The number of hydrogen-bond acceptors (Lipinski definition) is 5. The van der Waals surface area contributed by atoms with Crippen molar-refractivity contribution in [3.8, 4) is 5.75 Å². The monoisotopic (exact) mass is 280 g/mol. The molecule has 2 rings (SSSR count). The van der Waals surface area contributed by atoms with Gasteiger partial charge in [0, 0.05) is 30.9 Å². The molecule has 2 atom stereocenters. The lowest BCUT2D eigenvalue weighted by atomic mass is 9.99. The van der Waals surface area contributed by atoms with Gasteiger partial charge in [0.25, 0.3) is 5.69 Å². The maximum Gasteiger partial charge on any atom is 0.308 e. The summed E-state index contributed by atoms with van der Waals surface area (Å²) >= 11 is 0. The minimum absolute atomic E-state index is 0.00208. The number of benzene rings is 1. The van der Waals surface area contributed by atoms with Crippen molar-refractivity contribution >= 4 is 17.3 Å². The number of carboxylic acids is 1. The van der Waals surface area contributed by atoms with Crippen LogP contribution in [0.2, 0.25) is 0 Å². The summed E-state index contributed by atoms with van der Waals surface area (Å²) in [6.07, 6.45) is 0. The molecule has 1 heterocycles. The Balaban J connectivity index is 2.31. The van der Waals surface area contributed by atoms with Crippen LogP contribution in [0.5, 0.6) is 5.75 Å². The SMILES string of the molecule is COc1cc(N2CC(C)C(C(=O)O)C2)cc([N+](=O)[O-])c1. The summed E-state index contributed by atoms with van der Waals surface area (Å²) in [6.45, 7) is 2.77. The number of nitro groups is 1. The number of non-ortho nitro benzene ring substituents is 1. The first-order valence-electron chi connectivity index (χ1n) is 6.23. The Hall–Kier alpha value is -2.31. The molecular weight excluding hydrogens is 264 g/mol. The van der Waals surface area contributed by atoms with Gasteiger partial charge < -0.3 is 14.7 Å². The summed E-state index contributed by atoms with van der Waals surface area (Å²) in [4.78, 5) is 23.4. The van der Waals surface area contributed by atoms with E-state index in [2.05, 4.69) is 0 Å². The third kappa shape index (κ3) is 2.66. The van der Waals surface area contributed by atoms with Crippen LogP contribution >= 0.6 is 0 Å². The van der Waals surface area contributed by atoms with E-state index in [1.165, 1.54) is 19.2 Å². The molecule has 0 radical (unpaired) electrons. The third-order valence-corrected chi connectivity index (χ3v) is 3.62. The number of nitrogens with zero attached hydrogens (tertiary/aromatic N) is 2. The van der Waals surface area contributed by atoms with Gasteiger partial charge in [0.05, 0.1) is 24.0 Å². The molecule has 0 spiro atoms. The highest BCUT2D eigenvalue weighted by Gasteiger charge is 2.35. The Kier molecular flexibility index (Phi) is 3.78. The molecule has 20 heavy (non-hydrogen) atoms. The molecule has 0 bridgehead atoms. The number of rotatable bonds is 4. The number of hydrogen-bond donors (Lipinski definition) is 1. The Morgan fingerprint density at radius 2 is 2.15 bits per heavy atom. The summed E-state index contributed by atoms with van der Waals surface area (Å²) in [7, 11) is 1.44. The first kappa shape index (κ1) is 14.1. The molecule has 1 fully saturated rings. The third-order valence-electron chi connectivity index (χ3n) is 3.62. The van der Waals surface area contributed by atoms with Crippen molar-refractivity contribution in [1.82, 2.24) is 0 Å². The second-order valence-corrected chi connectivity index (χ2v) is 4.97. The van der Waals surface area contributed by atoms with Crippen LogP contribution in [0.4, 0.5) is 11.4 Å². The molecule has 7 heteroatoms. The number of methoxy groups -OCH3 is 1. The second kappa shape index (κ2) is 5.36. The summed E-state index contributed by atoms with van der Waals surface area (Å²) in [5.41, 5.74) is 0.553. The average Bonchev–Trinajstić information content (AvgIpc) is 2.80. The molecule has 1 aromatic rings. The van der Waals surface area contributed by atoms with Crippen molar-refractivity contribution in [2.75, 3.05) is 25.1 Å². The first-order valence-corrected chi connectivity index (χ1v) is 6.23. The molecule has 0 aliphatic carbocycles. The van der Waals surface area contributed by atoms with Crippen LogP contribution in [-0.2, 0) is 4.79 Å². The Labute approximate surface area is 115 Å². The normalized spacial score (nSPS) is 21.8. The quantitative estimate of drug-likeness (QED) is 0.667. The van der Waals surface area contributed by atoms with Crippen LogP contribution in [0.1, 0.15) is 6.92 Å². The lowest BCUT2D eigenvalue weighted by Crippen LogP contribution is -2.23. The van der Waals surface area contributed by atoms with Crippen LogP contribution in [0, 0.1) is 22.0 Å². The van der Waals surface area contributed by atoms with Crippen molar-refractivity contribution in [3.63, 3.8) is 0 Å². The minimum atomic E-state index is -0.836. The molecule has 1 aromatic carbocycles. The molecule has 1 saturated heterocycles. The van der Waals surface area contributed by atoms with Crippen molar-refractivity contribution in [2.24, 2.45) is 11.8 Å². The molecule has 7 nitrogen and oxygen atoms in total. The van der Waals surface area contributed by atoms with Gasteiger partial charge in [-0.3, -0.25) is 14.9 Å². The van der Waals surface area contributed by atoms with Gasteiger partial charge in [0.1, 0.15) is 5.75 Å². The average molecular weight is 280 g/mol. The summed E-state index contributed by atoms with van der Waals surface area (Å²) < 4.78 is 5.06. The van der Waals surface area contributed by atoms with Crippen molar-refractivity contribution < 1.29 is 19.6 Å². The number of ether oxygens (including phenoxy) is 1. The Bertz CT molecular complexity index is 546. The van der Waals surface area contributed by atoms with Gasteiger partial charge in [-0.1, -0.05) is 6.92 Å². The second-order valence-electron chi connectivity index (χ2n) is 4.97. The van der Waals surface area contributed by atoms with Crippen LogP contribution in [-0.4, -0.2) is 36.2 Å². The van der Waals surface area contributed by atoms with E-state index in [0.29, 0.717) is 24.5 Å². The Morgan fingerprint density at radius 1 is 1.45 bits per heavy atom. The highest BCUT2D eigenvalue weighted by atomic mass is 16.6.